The molecule has 6 atom stereocenters. The van der Waals surface area contributed by atoms with Crippen molar-refractivity contribution < 1.29 is 50.0 Å². The summed E-state index contributed by atoms with van der Waals surface area (Å²) >= 11 is 0. The highest BCUT2D eigenvalue weighted by Gasteiger charge is 2.47. The first-order chi connectivity index (χ1) is 14.7. The second-order valence-corrected chi connectivity index (χ2v) is 7.60. The number of ether oxygens (including phenoxy) is 2. The van der Waals surface area contributed by atoms with Gasteiger partial charge in [-0.1, -0.05) is 12.1 Å². The molecule has 166 valence electrons. The predicted molar refractivity (Wildman–Crippen MR) is 103 cm³/mol. The maximum absolute atomic E-state index is 13.0. The average molecular weight is 434 g/mol. The van der Waals surface area contributed by atoms with E-state index < -0.39 is 60.3 Å². The van der Waals surface area contributed by atoms with E-state index in [2.05, 4.69) is 0 Å². The number of benzene rings is 2. The van der Waals surface area contributed by atoms with Crippen molar-refractivity contribution in [3.63, 3.8) is 0 Å². The van der Waals surface area contributed by atoms with Crippen LogP contribution in [-0.4, -0.2) is 79.2 Å². The lowest BCUT2D eigenvalue weighted by Crippen LogP contribution is -2.55. The molecule has 10 nitrogen and oxygen atoms in total. The van der Waals surface area contributed by atoms with Gasteiger partial charge in [-0.3, -0.25) is 4.79 Å². The molecule has 4 rings (SSSR count). The molecular weight excluding hydrogens is 412 g/mol. The Kier molecular flexibility index (Phi) is 5.50. The summed E-state index contributed by atoms with van der Waals surface area (Å²) < 4.78 is 11.0. The summed E-state index contributed by atoms with van der Waals surface area (Å²) in [5.41, 5.74) is 0.143. The van der Waals surface area contributed by atoms with Crippen LogP contribution in [0.15, 0.2) is 30.3 Å². The van der Waals surface area contributed by atoms with Gasteiger partial charge in [-0.2, -0.15) is 0 Å². The van der Waals surface area contributed by atoms with Crippen molar-refractivity contribution in [1.82, 2.24) is 0 Å². The number of phenols is 3. The fraction of sp³-hybridized carbons (Fsp3) is 0.381. The average Bonchev–Trinajstić information content (AvgIpc) is 2.75. The van der Waals surface area contributed by atoms with Crippen molar-refractivity contribution in [2.24, 2.45) is 0 Å². The van der Waals surface area contributed by atoms with E-state index in [4.69, 9.17) is 9.47 Å². The van der Waals surface area contributed by atoms with Crippen LogP contribution in [0.3, 0.4) is 0 Å². The highest BCUT2D eigenvalue weighted by Crippen LogP contribution is 2.49. The fourth-order valence-electron chi connectivity index (χ4n) is 3.99. The van der Waals surface area contributed by atoms with Gasteiger partial charge in [0.25, 0.3) is 0 Å². The normalized spacial score (nSPS) is 30.5. The number of hydrogen-bond donors (Lipinski definition) is 7. The summed E-state index contributed by atoms with van der Waals surface area (Å²) in [6.07, 6.45) is -7.82. The Morgan fingerprint density at radius 3 is 2.29 bits per heavy atom. The Bertz CT molecular complexity index is 987. The minimum atomic E-state index is -1.74. The Labute approximate surface area is 176 Å². The smallest absolute Gasteiger partial charge is 0.177 e. The second kappa shape index (κ2) is 7.98. The van der Waals surface area contributed by atoms with Crippen LogP contribution in [-0.2, 0) is 4.74 Å². The molecule has 2 aromatic rings. The maximum Gasteiger partial charge on any atom is 0.177 e. The lowest BCUT2D eigenvalue weighted by atomic mass is 9.85. The van der Waals surface area contributed by atoms with Crippen LogP contribution in [0.4, 0.5) is 0 Å². The van der Waals surface area contributed by atoms with Crippen molar-refractivity contribution in [1.29, 1.82) is 0 Å². The monoisotopic (exact) mass is 434 g/mol. The first-order valence-corrected chi connectivity index (χ1v) is 9.59. The van der Waals surface area contributed by atoms with Crippen molar-refractivity contribution in [3.05, 3.63) is 47.0 Å². The standard InChI is InChI=1S/C21H22O10/c22-6-13-16(26)18(28)19(29)21(31-13)14-12(24)5-10-15(25)11(7-30-20(10)17(14)27)8-1-3-9(23)4-2-8/h1-5,11,13,16,18-19,21-24,26-29H,6-7H2. The minimum Gasteiger partial charge on any atom is -0.508 e. The Balaban J connectivity index is 1.72. The summed E-state index contributed by atoms with van der Waals surface area (Å²) in [6.45, 7) is -0.805. The van der Waals surface area contributed by atoms with Crippen molar-refractivity contribution >= 4 is 5.78 Å². The molecule has 10 heteroatoms. The lowest BCUT2D eigenvalue weighted by molar-refractivity contribution is -0.232. The number of hydrogen-bond acceptors (Lipinski definition) is 10. The van der Waals surface area contributed by atoms with E-state index in [1.807, 2.05) is 0 Å². The molecule has 1 fully saturated rings. The molecular formula is C21H22O10. The van der Waals surface area contributed by atoms with E-state index in [9.17, 15) is 40.5 Å². The first kappa shape index (κ1) is 21.3. The molecule has 0 radical (unpaired) electrons. The van der Waals surface area contributed by atoms with E-state index in [1.165, 1.54) is 12.1 Å². The van der Waals surface area contributed by atoms with Crippen molar-refractivity contribution in [2.75, 3.05) is 13.2 Å². The van der Waals surface area contributed by atoms with Gasteiger partial charge in [0.15, 0.2) is 17.3 Å². The SMILES string of the molecule is O=C1c2cc(O)c(C3OC(CO)C(O)C(O)C3O)c(O)c2OCC1c1ccc(O)cc1. The number of ketones is 1. The summed E-state index contributed by atoms with van der Waals surface area (Å²) in [5, 5.41) is 70.4. The van der Waals surface area contributed by atoms with Gasteiger partial charge in [0.2, 0.25) is 0 Å². The van der Waals surface area contributed by atoms with Crippen LogP contribution in [0.2, 0.25) is 0 Å². The molecule has 31 heavy (non-hydrogen) atoms. The van der Waals surface area contributed by atoms with Gasteiger partial charge in [-0.15, -0.1) is 0 Å². The van der Waals surface area contributed by atoms with Crippen LogP contribution >= 0.6 is 0 Å². The number of fused-ring (bicyclic) bond motifs is 1. The van der Waals surface area contributed by atoms with Gasteiger partial charge < -0.3 is 45.2 Å². The van der Waals surface area contributed by atoms with E-state index in [0.717, 1.165) is 6.07 Å². The van der Waals surface area contributed by atoms with E-state index in [1.54, 1.807) is 12.1 Å². The van der Waals surface area contributed by atoms with Crippen LogP contribution in [0.25, 0.3) is 0 Å². The van der Waals surface area contributed by atoms with E-state index in [-0.39, 0.29) is 29.2 Å². The molecule has 2 heterocycles. The fourth-order valence-corrected chi connectivity index (χ4v) is 3.99. The summed E-state index contributed by atoms with van der Waals surface area (Å²) in [7, 11) is 0. The molecule has 0 saturated carbocycles. The number of carbonyl (C=O) groups excluding carboxylic acids is 1. The summed E-state index contributed by atoms with van der Waals surface area (Å²) in [4.78, 5) is 13.0. The zero-order valence-corrected chi connectivity index (χ0v) is 16.1. The van der Waals surface area contributed by atoms with Gasteiger partial charge in [-0.25, -0.2) is 0 Å². The van der Waals surface area contributed by atoms with E-state index in [0.29, 0.717) is 5.56 Å². The zero-order chi connectivity index (χ0) is 22.4. The molecule has 0 spiro atoms. The molecule has 1 saturated heterocycles. The molecule has 6 unspecified atom stereocenters. The predicted octanol–water partition coefficient (Wildman–Crippen LogP) is -0.323. The number of aliphatic hydroxyl groups excluding tert-OH is 4. The van der Waals surface area contributed by atoms with Crippen LogP contribution < -0.4 is 4.74 Å². The molecule has 0 bridgehead atoms. The molecule has 2 aromatic carbocycles. The Hall–Kier alpha value is -2.89. The van der Waals surface area contributed by atoms with Gasteiger partial charge in [0.05, 0.1) is 23.7 Å². The Morgan fingerprint density at radius 1 is 0.968 bits per heavy atom. The first-order valence-electron chi connectivity index (χ1n) is 9.59. The molecule has 0 aromatic heterocycles. The van der Waals surface area contributed by atoms with Gasteiger partial charge >= 0.3 is 0 Å². The van der Waals surface area contributed by atoms with Crippen LogP contribution in [0.5, 0.6) is 23.0 Å². The number of phenolic OH excluding ortho intramolecular Hbond substituents is 3. The molecule has 0 aliphatic carbocycles. The van der Waals surface area contributed by atoms with Crippen LogP contribution in [0, 0.1) is 0 Å². The third kappa shape index (κ3) is 3.48. The summed E-state index contributed by atoms with van der Waals surface area (Å²) in [5.74, 6) is -2.60. The topological polar surface area (TPSA) is 177 Å². The number of aliphatic hydroxyl groups is 4. The Morgan fingerprint density at radius 2 is 1.65 bits per heavy atom. The van der Waals surface area contributed by atoms with Crippen molar-refractivity contribution in [2.45, 2.75) is 36.4 Å². The van der Waals surface area contributed by atoms with Gasteiger partial charge in [0.1, 0.15) is 48.6 Å². The maximum atomic E-state index is 13.0. The molecule has 0 amide bonds. The number of Topliss-reactive ketones (excluding diaryl/α,β-unsaturated/α-hetero) is 1. The van der Waals surface area contributed by atoms with Crippen molar-refractivity contribution in [3.8, 4) is 23.0 Å². The third-order valence-electron chi connectivity index (χ3n) is 5.72. The number of carbonyl (C=O) groups is 1. The lowest BCUT2D eigenvalue weighted by Gasteiger charge is -2.40. The number of aromatic hydroxyl groups is 3. The molecule has 2 aliphatic heterocycles. The molecule has 2 aliphatic rings. The zero-order valence-electron chi connectivity index (χ0n) is 16.1. The van der Waals surface area contributed by atoms with Crippen LogP contribution in [0.1, 0.15) is 33.5 Å². The third-order valence-corrected chi connectivity index (χ3v) is 5.72. The second-order valence-electron chi connectivity index (χ2n) is 7.60. The molecule has 7 N–H and O–H groups in total. The van der Waals surface area contributed by atoms with Gasteiger partial charge in [0, 0.05) is 0 Å². The highest BCUT2D eigenvalue weighted by atomic mass is 16.5. The van der Waals surface area contributed by atoms with E-state index >= 15 is 0 Å². The van der Waals surface area contributed by atoms with Gasteiger partial charge in [-0.05, 0) is 23.8 Å². The largest absolute Gasteiger partial charge is 0.508 e. The number of rotatable bonds is 3. The summed E-state index contributed by atoms with van der Waals surface area (Å²) in [6, 6.07) is 7.05. The highest BCUT2D eigenvalue weighted by molar-refractivity contribution is 6.05. The quantitative estimate of drug-likeness (QED) is 0.339. The minimum absolute atomic E-state index is 0.0350.